The number of nitrogens with one attached hydrogen (secondary N) is 3. The van der Waals surface area contributed by atoms with Crippen LogP contribution in [0.15, 0.2) is 11.8 Å². The molecule has 0 saturated heterocycles. The number of carbonyl (C=O) groups excluding carboxylic acids is 2. The van der Waals surface area contributed by atoms with E-state index in [-0.39, 0.29) is 6.42 Å². The largest absolute Gasteiger partial charge is 0.478 e. The van der Waals surface area contributed by atoms with Gasteiger partial charge in [0.2, 0.25) is 17.5 Å². The molecule has 0 aromatic rings. The molecule has 1 aliphatic rings. The van der Waals surface area contributed by atoms with E-state index in [2.05, 4.69) is 17.6 Å². The summed E-state index contributed by atoms with van der Waals surface area (Å²) in [7, 11) is 1.22. The van der Waals surface area contributed by atoms with Crippen LogP contribution < -0.4 is 16.4 Å². The zero-order valence-corrected chi connectivity index (χ0v) is 19.6. The average Bonchev–Trinajstić information content (AvgIpc) is 2.68. The molecule has 0 aromatic carbocycles. The molecule has 0 fully saturated rings. The van der Waals surface area contributed by atoms with Crippen molar-refractivity contribution in [2.45, 2.75) is 89.4 Å². The number of nitrogens with two attached hydrogens (primary N) is 1. The number of hydrogen-bond acceptors (Lipinski definition) is 8. The second kappa shape index (κ2) is 13.0. The first-order valence-electron chi connectivity index (χ1n) is 10.9. The molecule has 0 aliphatic carbocycles. The number of hydrogen-bond donors (Lipinski definition) is 6. The fourth-order valence-corrected chi connectivity index (χ4v) is 3.69. The summed E-state index contributed by atoms with van der Waals surface area (Å²) in [4.78, 5) is 35.8. The Labute approximate surface area is 193 Å². The van der Waals surface area contributed by atoms with Gasteiger partial charge in [-0.3, -0.25) is 15.0 Å². The molecule has 0 saturated carbocycles. The molecule has 0 aromatic heterocycles. The van der Waals surface area contributed by atoms with Crippen LogP contribution >= 0.6 is 0 Å². The highest BCUT2D eigenvalue weighted by atomic mass is 16.7. The van der Waals surface area contributed by atoms with E-state index in [9.17, 15) is 24.6 Å². The van der Waals surface area contributed by atoms with Gasteiger partial charge in [0.25, 0.3) is 0 Å². The summed E-state index contributed by atoms with van der Waals surface area (Å²) in [5.74, 6) is -5.78. The van der Waals surface area contributed by atoms with Crippen molar-refractivity contribution in [3.63, 3.8) is 0 Å². The van der Waals surface area contributed by atoms with Gasteiger partial charge in [-0.15, -0.1) is 0 Å². The van der Waals surface area contributed by atoms with Gasteiger partial charge in [0, 0.05) is 27.4 Å². The van der Waals surface area contributed by atoms with Gasteiger partial charge in [-0.2, -0.15) is 0 Å². The number of carbonyl (C=O) groups is 3. The number of unbranched alkanes of at least 4 members (excludes halogenated alkanes) is 4. The highest BCUT2D eigenvalue weighted by Gasteiger charge is 2.50. The van der Waals surface area contributed by atoms with Crippen molar-refractivity contribution in [2.75, 3.05) is 7.11 Å². The molecule has 12 nitrogen and oxygen atoms in total. The van der Waals surface area contributed by atoms with Crippen molar-refractivity contribution in [1.82, 2.24) is 10.6 Å². The van der Waals surface area contributed by atoms with Gasteiger partial charge in [0.1, 0.15) is 0 Å². The van der Waals surface area contributed by atoms with Crippen LogP contribution in [0.25, 0.3) is 0 Å². The minimum absolute atomic E-state index is 0.0890. The summed E-state index contributed by atoms with van der Waals surface area (Å²) in [6.45, 7) is 4.51. The fourth-order valence-electron chi connectivity index (χ4n) is 3.69. The highest BCUT2D eigenvalue weighted by molar-refractivity contribution is 5.85. The van der Waals surface area contributed by atoms with Crippen LogP contribution in [0.2, 0.25) is 0 Å². The fraction of sp³-hybridized carbons (Fsp3) is 0.714. The maximum Gasteiger partial charge on any atom is 0.370 e. The van der Waals surface area contributed by atoms with Gasteiger partial charge >= 0.3 is 11.9 Å². The molecule has 0 unspecified atom stereocenters. The minimum atomic E-state index is -2.22. The Morgan fingerprint density at radius 3 is 2.42 bits per heavy atom. The van der Waals surface area contributed by atoms with Crippen LogP contribution in [0.4, 0.5) is 0 Å². The maximum absolute atomic E-state index is 12.3. The van der Waals surface area contributed by atoms with Gasteiger partial charge in [0.15, 0.2) is 18.2 Å². The number of methoxy groups -OCH3 is 1. The van der Waals surface area contributed by atoms with Gasteiger partial charge in [-0.1, -0.05) is 32.6 Å². The van der Waals surface area contributed by atoms with E-state index in [1.807, 2.05) is 0 Å². The number of esters is 1. The Kier molecular flexibility index (Phi) is 11.1. The second-order valence-corrected chi connectivity index (χ2v) is 8.08. The first-order chi connectivity index (χ1) is 15.4. The molecular weight excluding hydrogens is 436 g/mol. The molecule has 1 rings (SSSR count). The van der Waals surface area contributed by atoms with Crippen LogP contribution in [-0.2, 0) is 28.6 Å². The average molecular weight is 473 g/mol. The molecule has 0 bridgehead atoms. The zero-order valence-electron chi connectivity index (χ0n) is 19.6. The van der Waals surface area contributed by atoms with Gasteiger partial charge in [0.05, 0.1) is 12.1 Å². The van der Waals surface area contributed by atoms with E-state index in [0.29, 0.717) is 6.42 Å². The summed E-state index contributed by atoms with van der Waals surface area (Å²) in [6, 6.07) is -2.02. The Morgan fingerprint density at radius 2 is 1.91 bits per heavy atom. The number of ether oxygens (including phenoxy) is 3. The summed E-state index contributed by atoms with van der Waals surface area (Å²) in [5, 5.41) is 33.1. The minimum Gasteiger partial charge on any atom is -0.478 e. The monoisotopic (exact) mass is 472 g/mol. The molecule has 1 aliphatic heterocycles. The SMILES string of the molecule is CCCCCCCC(=O)O[C@@](C)(O)[C@H](OC)[C@@H]1OC(C(=O)O)=C[C@H](NC(=N)N)[C@H]1NC(C)=O. The third-order valence-electron chi connectivity index (χ3n) is 5.12. The van der Waals surface area contributed by atoms with Crippen molar-refractivity contribution >= 4 is 23.8 Å². The predicted molar refractivity (Wildman–Crippen MR) is 118 cm³/mol. The number of carboxylic acids is 1. The highest BCUT2D eigenvalue weighted by Crippen LogP contribution is 2.29. The number of aliphatic carboxylic acids is 1. The summed E-state index contributed by atoms with van der Waals surface area (Å²) in [6.07, 6.45) is 3.07. The summed E-state index contributed by atoms with van der Waals surface area (Å²) >= 11 is 0. The van der Waals surface area contributed by atoms with Gasteiger partial charge < -0.3 is 40.8 Å². The summed E-state index contributed by atoms with van der Waals surface area (Å²) in [5.41, 5.74) is 5.41. The normalized spacial score (nSPS) is 22.7. The molecular formula is C21H36N4O8. The lowest BCUT2D eigenvalue weighted by molar-refractivity contribution is -0.265. The molecule has 12 heteroatoms. The smallest absolute Gasteiger partial charge is 0.370 e. The Morgan fingerprint density at radius 1 is 1.27 bits per heavy atom. The van der Waals surface area contributed by atoms with Crippen molar-refractivity contribution in [3.8, 4) is 0 Å². The van der Waals surface area contributed by atoms with Gasteiger partial charge in [-0.05, 0) is 12.5 Å². The lowest BCUT2D eigenvalue weighted by Crippen LogP contribution is -2.66. The van der Waals surface area contributed by atoms with E-state index in [1.165, 1.54) is 21.0 Å². The van der Waals surface area contributed by atoms with E-state index in [4.69, 9.17) is 25.4 Å². The third kappa shape index (κ3) is 8.89. The molecule has 0 radical (unpaired) electrons. The molecule has 33 heavy (non-hydrogen) atoms. The lowest BCUT2D eigenvalue weighted by atomic mass is 9.90. The topological polar surface area (TPSA) is 193 Å². The lowest BCUT2D eigenvalue weighted by Gasteiger charge is -2.43. The van der Waals surface area contributed by atoms with E-state index in [1.54, 1.807) is 0 Å². The molecule has 1 heterocycles. The predicted octanol–water partition coefficient (Wildman–Crippen LogP) is 0.337. The Hall–Kier alpha value is -2.86. The van der Waals surface area contributed by atoms with Crippen LogP contribution in [0, 0.1) is 5.41 Å². The van der Waals surface area contributed by atoms with Crippen LogP contribution in [-0.4, -0.2) is 71.2 Å². The van der Waals surface area contributed by atoms with Crippen molar-refractivity contribution in [1.29, 1.82) is 5.41 Å². The first kappa shape index (κ1) is 28.2. The van der Waals surface area contributed by atoms with Crippen molar-refractivity contribution < 1.29 is 38.8 Å². The summed E-state index contributed by atoms with van der Waals surface area (Å²) < 4.78 is 16.2. The molecule has 7 N–H and O–H groups in total. The second-order valence-electron chi connectivity index (χ2n) is 8.08. The number of aliphatic hydroxyl groups is 1. The van der Waals surface area contributed by atoms with E-state index in [0.717, 1.165) is 31.8 Å². The van der Waals surface area contributed by atoms with Gasteiger partial charge in [-0.25, -0.2) is 4.79 Å². The molecule has 1 amide bonds. The number of amides is 1. The quantitative estimate of drug-likeness (QED) is 0.0715. The van der Waals surface area contributed by atoms with Crippen LogP contribution in [0.3, 0.4) is 0 Å². The molecule has 188 valence electrons. The van der Waals surface area contributed by atoms with Crippen LogP contribution in [0.1, 0.15) is 59.3 Å². The maximum atomic E-state index is 12.3. The van der Waals surface area contributed by atoms with Crippen molar-refractivity contribution in [2.24, 2.45) is 5.73 Å². The third-order valence-corrected chi connectivity index (χ3v) is 5.12. The Balaban J connectivity index is 3.13. The molecule has 0 spiro atoms. The number of guanidine groups is 1. The van der Waals surface area contributed by atoms with Crippen LogP contribution in [0.5, 0.6) is 0 Å². The first-order valence-corrected chi connectivity index (χ1v) is 10.9. The molecule has 5 atom stereocenters. The standard InChI is InChI=1S/C21H36N4O8/c1-5-6-7-8-9-10-15(27)33-21(3,30)18(31-4)17-16(24-12(2)26)13(25-20(22)23)11-14(32-17)19(28)29/h11,13,16-18,30H,5-10H2,1-4H3,(H,24,26)(H,28,29)(H4,22,23,25)/t13-,16+,17+,18+,21+/m0/s1. The van der Waals surface area contributed by atoms with E-state index >= 15 is 0 Å². The number of rotatable bonds is 13. The van der Waals surface area contributed by atoms with Crippen molar-refractivity contribution in [3.05, 3.63) is 11.8 Å². The Bertz CT molecular complexity index is 740. The van der Waals surface area contributed by atoms with E-state index < -0.39 is 59.6 Å². The zero-order chi connectivity index (χ0) is 25.2. The number of carboxylic acid groups (broad SMARTS) is 1.